The van der Waals surface area contributed by atoms with Gasteiger partial charge in [-0.05, 0) is 196 Å². The SMILES string of the molecule is Oc1ccc2cccc(O)c2c1C(c1cc(I)c(O)c(I)c1)c1c(OOc2c(I)cc(C(c3cccc4c(O)ccc(O)c34)c3cccc4c(O)ccc(O)c34)cc2I)ccc2cccc(O)c12. The number of halogens is 4. The highest BCUT2D eigenvalue weighted by Crippen LogP contribution is 2.52. The minimum atomic E-state index is -0.931. The third-order valence-corrected chi connectivity index (χ3v) is 15.5. The van der Waals surface area contributed by atoms with Crippen molar-refractivity contribution in [2.45, 2.75) is 11.8 Å². The fourth-order valence-electron chi connectivity index (χ4n) is 9.35. The zero-order valence-electron chi connectivity index (χ0n) is 34.9. The monoisotopic (exact) mass is 1350 g/mol. The van der Waals surface area contributed by atoms with Crippen molar-refractivity contribution >= 4 is 133 Å². The van der Waals surface area contributed by atoms with Crippen LogP contribution in [0.15, 0.2) is 146 Å². The molecule has 14 heteroatoms. The summed E-state index contributed by atoms with van der Waals surface area (Å²) in [5.41, 5.74) is 3.31. The predicted molar refractivity (Wildman–Crippen MR) is 296 cm³/mol. The summed E-state index contributed by atoms with van der Waals surface area (Å²) < 4.78 is 2.29. The molecular formula is C54H34I4O10. The number of hydrogen-bond donors (Lipinski definition) is 8. The van der Waals surface area contributed by atoms with E-state index in [9.17, 15) is 40.9 Å². The molecule has 0 radical (unpaired) electrons. The highest BCUT2D eigenvalue weighted by Gasteiger charge is 2.32. The van der Waals surface area contributed by atoms with E-state index in [0.29, 0.717) is 90.9 Å². The summed E-state index contributed by atoms with van der Waals surface area (Å²) in [5.74, 6) is -1.43. The van der Waals surface area contributed by atoms with Crippen LogP contribution < -0.4 is 9.78 Å². The Morgan fingerprint density at radius 1 is 0.353 bits per heavy atom. The van der Waals surface area contributed by atoms with Gasteiger partial charge in [-0.1, -0.05) is 72.8 Å². The summed E-state index contributed by atoms with van der Waals surface area (Å²) in [6, 6.07) is 40.9. The maximum absolute atomic E-state index is 11.9. The van der Waals surface area contributed by atoms with Crippen molar-refractivity contribution in [3.05, 3.63) is 193 Å². The Kier molecular flexibility index (Phi) is 12.3. The molecule has 8 N–H and O–H groups in total. The molecule has 0 amide bonds. The lowest BCUT2D eigenvalue weighted by atomic mass is 9.79. The maximum Gasteiger partial charge on any atom is 0.205 e. The molecule has 0 spiro atoms. The van der Waals surface area contributed by atoms with E-state index in [4.69, 9.17) is 9.78 Å². The summed E-state index contributed by atoms with van der Waals surface area (Å²) in [6.07, 6.45) is 0. The molecule has 0 heterocycles. The van der Waals surface area contributed by atoms with Crippen molar-refractivity contribution < 1.29 is 50.6 Å². The van der Waals surface area contributed by atoms with E-state index >= 15 is 0 Å². The summed E-state index contributed by atoms with van der Waals surface area (Å²) >= 11 is 8.43. The molecule has 0 aliphatic heterocycles. The van der Waals surface area contributed by atoms with Crippen molar-refractivity contribution in [1.82, 2.24) is 0 Å². The van der Waals surface area contributed by atoms with Crippen molar-refractivity contribution in [3.63, 3.8) is 0 Å². The van der Waals surface area contributed by atoms with Crippen LogP contribution in [0.1, 0.15) is 45.2 Å². The molecule has 0 bridgehead atoms. The average molecular weight is 1350 g/mol. The van der Waals surface area contributed by atoms with E-state index in [1.54, 1.807) is 84.9 Å². The molecule has 68 heavy (non-hydrogen) atoms. The van der Waals surface area contributed by atoms with Gasteiger partial charge in [-0.3, -0.25) is 9.78 Å². The average Bonchev–Trinajstić information content (AvgIpc) is 3.31. The third-order valence-electron chi connectivity index (χ3n) is 12.3. The number of phenolic OH excluding ortho intramolecular Hbond substituents is 8. The maximum atomic E-state index is 11.9. The lowest BCUT2D eigenvalue weighted by Crippen LogP contribution is -2.12. The van der Waals surface area contributed by atoms with Gasteiger partial charge in [-0.25, -0.2) is 0 Å². The molecule has 338 valence electrons. The quantitative estimate of drug-likeness (QED) is 0.0228. The first-order valence-electron chi connectivity index (χ1n) is 20.8. The Balaban J connectivity index is 1.16. The molecular weight excluding hydrogens is 1320 g/mol. The van der Waals surface area contributed by atoms with Gasteiger partial charge in [0.1, 0.15) is 46.0 Å². The van der Waals surface area contributed by atoms with Crippen LogP contribution in [0.4, 0.5) is 0 Å². The van der Waals surface area contributed by atoms with Crippen LogP contribution in [-0.4, -0.2) is 40.9 Å². The molecule has 10 rings (SSSR count). The summed E-state index contributed by atoms with van der Waals surface area (Å²) in [4.78, 5) is 12.8. The summed E-state index contributed by atoms with van der Waals surface area (Å²) in [5, 5.41) is 94.5. The fraction of sp³-hybridized carbons (Fsp3) is 0.0370. The van der Waals surface area contributed by atoms with Crippen LogP contribution in [0.3, 0.4) is 0 Å². The molecule has 0 saturated heterocycles. The minimum Gasteiger partial charge on any atom is -0.508 e. The highest BCUT2D eigenvalue weighted by molar-refractivity contribution is 14.1. The van der Waals surface area contributed by atoms with Gasteiger partial charge in [-0.2, -0.15) is 0 Å². The van der Waals surface area contributed by atoms with Gasteiger partial charge in [0.2, 0.25) is 5.75 Å². The lowest BCUT2D eigenvalue weighted by Gasteiger charge is -2.26. The topological polar surface area (TPSA) is 180 Å². The van der Waals surface area contributed by atoms with E-state index in [1.165, 1.54) is 24.3 Å². The smallest absolute Gasteiger partial charge is 0.205 e. The van der Waals surface area contributed by atoms with Crippen LogP contribution in [0.25, 0.3) is 43.1 Å². The van der Waals surface area contributed by atoms with E-state index < -0.39 is 11.8 Å². The molecule has 1 atom stereocenters. The minimum absolute atomic E-state index is 0.0205. The molecule has 1 unspecified atom stereocenters. The number of benzene rings is 10. The van der Waals surface area contributed by atoms with Gasteiger partial charge >= 0.3 is 0 Å². The normalized spacial score (nSPS) is 12.1. The van der Waals surface area contributed by atoms with Gasteiger partial charge in [0, 0.05) is 55.3 Å². The van der Waals surface area contributed by atoms with Crippen LogP contribution in [0.5, 0.6) is 57.5 Å². The number of aromatic hydroxyl groups is 8. The number of hydrogen-bond acceptors (Lipinski definition) is 10. The van der Waals surface area contributed by atoms with Crippen LogP contribution >= 0.6 is 90.4 Å². The van der Waals surface area contributed by atoms with Gasteiger partial charge in [0.25, 0.3) is 0 Å². The molecule has 0 saturated carbocycles. The second kappa shape index (κ2) is 18.2. The Bertz CT molecular complexity index is 3570. The largest absolute Gasteiger partial charge is 0.508 e. The summed E-state index contributed by atoms with van der Waals surface area (Å²) in [6.45, 7) is 0. The summed E-state index contributed by atoms with van der Waals surface area (Å²) in [7, 11) is 0. The predicted octanol–water partition coefficient (Wildman–Crippen LogP) is 14.1. The van der Waals surface area contributed by atoms with Crippen LogP contribution in [-0.2, 0) is 0 Å². The zero-order valence-corrected chi connectivity index (χ0v) is 43.5. The molecule has 0 aliphatic carbocycles. The fourth-order valence-corrected chi connectivity index (χ4v) is 13.2. The van der Waals surface area contributed by atoms with Gasteiger partial charge in [0.15, 0.2) is 5.75 Å². The number of fused-ring (bicyclic) bond motifs is 4. The van der Waals surface area contributed by atoms with Crippen molar-refractivity contribution in [2.75, 3.05) is 0 Å². The molecule has 0 fully saturated rings. The Morgan fingerprint density at radius 2 is 0.779 bits per heavy atom. The van der Waals surface area contributed by atoms with Crippen molar-refractivity contribution in [1.29, 1.82) is 0 Å². The van der Waals surface area contributed by atoms with E-state index in [2.05, 4.69) is 90.4 Å². The number of phenols is 8. The van der Waals surface area contributed by atoms with E-state index in [0.717, 1.165) is 5.56 Å². The second-order valence-corrected chi connectivity index (χ2v) is 20.8. The number of rotatable bonds is 9. The Morgan fingerprint density at radius 3 is 1.32 bits per heavy atom. The molecule has 10 aromatic carbocycles. The van der Waals surface area contributed by atoms with E-state index in [-0.39, 0.29) is 51.7 Å². The van der Waals surface area contributed by atoms with Crippen molar-refractivity contribution in [3.8, 4) is 57.5 Å². The van der Waals surface area contributed by atoms with Crippen LogP contribution in [0, 0.1) is 14.3 Å². The first kappa shape index (κ1) is 45.9. The third kappa shape index (κ3) is 7.91. The van der Waals surface area contributed by atoms with Crippen LogP contribution in [0.2, 0.25) is 0 Å². The molecule has 0 aliphatic rings. The van der Waals surface area contributed by atoms with Gasteiger partial charge in [0.05, 0.1) is 14.3 Å². The van der Waals surface area contributed by atoms with Gasteiger partial charge < -0.3 is 40.9 Å². The first-order chi connectivity index (χ1) is 32.7. The lowest BCUT2D eigenvalue weighted by molar-refractivity contribution is -0.102. The second-order valence-electron chi connectivity index (χ2n) is 16.2. The molecule has 0 aromatic heterocycles. The Hall–Kier alpha value is -5.84. The standard InChI is InChI=1S/C54H34I4O10/c55-33-21-28(22-34(56)53(33)66)48(51-43(65)15-13-25-5-1-11-39(61)46(25)51)52-44(20-14-26-6-2-12-40(62)47(26)52)67-68-54-35(57)23-27(24-36(54)58)45(31-9-3-7-29-37(59)16-18-41(63)49(29)31)32-10-4-8-30-38(60)17-19-42(64)50(30)32/h1-24,45,48,59-66H. The molecule has 10 nitrogen and oxygen atoms in total. The van der Waals surface area contributed by atoms with Gasteiger partial charge in [-0.15, -0.1) is 0 Å². The zero-order chi connectivity index (χ0) is 47.7. The first-order valence-corrected chi connectivity index (χ1v) is 25.1. The Labute approximate surface area is 442 Å². The van der Waals surface area contributed by atoms with E-state index in [1.807, 2.05) is 36.4 Å². The molecule has 10 aromatic rings. The highest BCUT2D eigenvalue weighted by atomic mass is 127. The van der Waals surface area contributed by atoms with Crippen molar-refractivity contribution in [2.24, 2.45) is 0 Å².